The normalized spacial score (nSPS) is 27.7. The minimum absolute atomic E-state index is 0.0380. The highest BCUT2D eigenvalue weighted by molar-refractivity contribution is 7.86. The molecule has 0 aliphatic carbocycles. The van der Waals surface area contributed by atoms with Gasteiger partial charge in [-0.2, -0.15) is 17.0 Å². The maximum atomic E-state index is 12.7. The molecule has 0 spiro atoms. The molecule has 8 nitrogen and oxygen atoms in total. The van der Waals surface area contributed by atoms with Crippen molar-refractivity contribution < 1.29 is 27.9 Å². The molecule has 0 aromatic rings. The van der Waals surface area contributed by atoms with Crippen molar-refractivity contribution in [1.29, 1.82) is 0 Å². The Morgan fingerprint density at radius 2 is 1.91 bits per heavy atom. The summed E-state index contributed by atoms with van der Waals surface area (Å²) in [7, 11) is -3.84. The summed E-state index contributed by atoms with van der Waals surface area (Å²) in [4.78, 5) is 23.0. The zero-order valence-electron chi connectivity index (χ0n) is 12.6. The van der Waals surface area contributed by atoms with Crippen molar-refractivity contribution in [1.82, 2.24) is 8.61 Å². The number of carboxylic acids is 1. The minimum atomic E-state index is -3.84. The van der Waals surface area contributed by atoms with Crippen molar-refractivity contribution in [2.24, 2.45) is 5.92 Å². The van der Waals surface area contributed by atoms with Gasteiger partial charge < -0.3 is 9.84 Å². The van der Waals surface area contributed by atoms with Gasteiger partial charge in [0, 0.05) is 19.6 Å². The fraction of sp³-hybridized carbons (Fsp3) is 0.846. The van der Waals surface area contributed by atoms with Crippen LogP contribution >= 0.6 is 0 Å². The third-order valence-corrected chi connectivity index (χ3v) is 6.13. The van der Waals surface area contributed by atoms with E-state index in [0.29, 0.717) is 25.7 Å². The number of carboxylic acid groups (broad SMARTS) is 1. The van der Waals surface area contributed by atoms with E-state index in [2.05, 4.69) is 0 Å². The maximum absolute atomic E-state index is 12.7. The zero-order chi connectivity index (χ0) is 16.3. The van der Waals surface area contributed by atoms with Crippen LogP contribution in [0.3, 0.4) is 0 Å². The Bertz CT molecular complexity index is 535. The number of nitrogens with zero attached hydrogens (tertiary/aromatic N) is 2. The van der Waals surface area contributed by atoms with Crippen molar-refractivity contribution in [3.05, 3.63) is 0 Å². The van der Waals surface area contributed by atoms with E-state index < -0.39 is 34.1 Å². The SMILES string of the molecule is CCOC(=O)C1CCCN1S(=O)(=O)N1CCCC(C(=O)O)C1. The Morgan fingerprint density at radius 3 is 2.55 bits per heavy atom. The van der Waals surface area contributed by atoms with Crippen LogP contribution in [0.2, 0.25) is 0 Å². The molecule has 2 aliphatic heterocycles. The van der Waals surface area contributed by atoms with Crippen LogP contribution in [-0.4, -0.2) is 66.4 Å². The molecule has 2 heterocycles. The molecule has 22 heavy (non-hydrogen) atoms. The minimum Gasteiger partial charge on any atom is -0.481 e. The van der Waals surface area contributed by atoms with Gasteiger partial charge in [-0.05, 0) is 32.6 Å². The van der Waals surface area contributed by atoms with Crippen molar-refractivity contribution in [2.45, 2.75) is 38.6 Å². The molecule has 126 valence electrons. The van der Waals surface area contributed by atoms with Crippen LogP contribution < -0.4 is 0 Å². The largest absolute Gasteiger partial charge is 0.481 e. The number of hydrogen-bond acceptors (Lipinski definition) is 5. The average Bonchev–Trinajstić information content (AvgIpc) is 2.98. The van der Waals surface area contributed by atoms with E-state index in [1.54, 1.807) is 6.92 Å². The van der Waals surface area contributed by atoms with Crippen molar-refractivity contribution in [3.63, 3.8) is 0 Å². The van der Waals surface area contributed by atoms with E-state index in [0.717, 1.165) is 4.31 Å². The number of ether oxygens (including phenoxy) is 1. The lowest BCUT2D eigenvalue weighted by Crippen LogP contribution is -2.52. The Balaban J connectivity index is 2.14. The second-order valence-electron chi connectivity index (χ2n) is 5.56. The van der Waals surface area contributed by atoms with Gasteiger partial charge in [0.2, 0.25) is 0 Å². The summed E-state index contributed by atoms with van der Waals surface area (Å²) < 4.78 is 32.7. The van der Waals surface area contributed by atoms with Crippen LogP contribution in [-0.2, 0) is 24.5 Å². The van der Waals surface area contributed by atoms with E-state index in [1.807, 2.05) is 0 Å². The molecule has 0 aromatic heterocycles. The number of rotatable bonds is 5. The summed E-state index contributed by atoms with van der Waals surface area (Å²) in [5.41, 5.74) is 0. The Hall–Kier alpha value is -1.19. The first-order valence-corrected chi connectivity index (χ1v) is 8.94. The fourth-order valence-electron chi connectivity index (χ4n) is 2.99. The second kappa shape index (κ2) is 6.93. The molecule has 2 rings (SSSR count). The second-order valence-corrected chi connectivity index (χ2v) is 7.45. The number of carbonyl (C=O) groups excluding carboxylic acids is 1. The molecular formula is C13H22N2O6S. The first-order chi connectivity index (χ1) is 10.4. The van der Waals surface area contributed by atoms with E-state index >= 15 is 0 Å². The summed E-state index contributed by atoms with van der Waals surface area (Å²) in [5.74, 6) is -2.20. The molecule has 0 radical (unpaired) electrons. The van der Waals surface area contributed by atoms with E-state index in [9.17, 15) is 18.0 Å². The summed E-state index contributed by atoms with van der Waals surface area (Å²) >= 11 is 0. The lowest BCUT2D eigenvalue weighted by Gasteiger charge is -2.34. The Labute approximate surface area is 130 Å². The van der Waals surface area contributed by atoms with Crippen LogP contribution in [0.15, 0.2) is 0 Å². The van der Waals surface area contributed by atoms with Gasteiger partial charge in [0.15, 0.2) is 0 Å². The lowest BCUT2D eigenvalue weighted by atomic mass is 10.0. The summed E-state index contributed by atoms with van der Waals surface area (Å²) in [6.07, 6.45) is 2.02. The third-order valence-electron chi connectivity index (χ3n) is 4.12. The number of hydrogen-bond donors (Lipinski definition) is 1. The van der Waals surface area contributed by atoms with Gasteiger partial charge in [-0.1, -0.05) is 0 Å². The highest BCUT2D eigenvalue weighted by Crippen LogP contribution is 2.27. The van der Waals surface area contributed by atoms with Crippen molar-refractivity contribution in [3.8, 4) is 0 Å². The average molecular weight is 334 g/mol. The molecule has 1 N–H and O–H groups in total. The van der Waals surface area contributed by atoms with Gasteiger partial charge in [-0.3, -0.25) is 9.59 Å². The summed E-state index contributed by atoms with van der Waals surface area (Å²) in [6, 6.07) is -0.796. The highest BCUT2D eigenvalue weighted by atomic mass is 32.2. The molecule has 2 saturated heterocycles. The molecule has 0 aromatic carbocycles. The number of piperidine rings is 1. The maximum Gasteiger partial charge on any atom is 0.324 e. The summed E-state index contributed by atoms with van der Waals surface area (Å²) in [5, 5.41) is 9.09. The number of esters is 1. The molecule has 0 saturated carbocycles. The molecule has 2 fully saturated rings. The van der Waals surface area contributed by atoms with Gasteiger partial charge in [-0.15, -0.1) is 0 Å². The van der Waals surface area contributed by atoms with Gasteiger partial charge >= 0.3 is 11.9 Å². The van der Waals surface area contributed by atoms with Crippen LogP contribution in [0, 0.1) is 5.92 Å². The fourth-order valence-corrected chi connectivity index (χ4v) is 4.89. The van der Waals surface area contributed by atoms with Gasteiger partial charge in [0.25, 0.3) is 10.2 Å². The molecule has 0 amide bonds. The van der Waals surface area contributed by atoms with E-state index in [4.69, 9.17) is 9.84 Å². The van der Waals surface area contributed by atoms with E-state index in [1.165, 1.54) is 4.31 Å². The molecular weight excluding hydrogens is 312 g/mol. The smallest absolute Gasteiger partial charge is 0.324 e. The van der Waals surface area contributed by atoms with Crippen LogP contribution in [0.1, 0.15) is 32.6 Å². The first-order valence-electron chi connectivity index (χ1n) is 7.54. The molecule has 2 unspecified atom stereocenters. The predicted molar refractivity (Wildman–Crippen MR) is 77.2 cm³/mol. The van der Waals surface area contributed by atoms with Gasteiger partial charge in [-0.25, -0.2) is 0 Å². The lowest BCUT2D eigenvalue weighted by molar-refractivity contribution is -0.147. The summed E-state index contributed by atoms with van der Waals surface area (Å²) in [6.45, 7) is 2.39. The van der Waals surface area contributed by atoms with Crippen LogP contribution in [0.4, 0.5) is 0 Å². The van der Waals surface area contributed by atoms with Crippen molar-refractivity contribution >= 4 is 22.1 Å². The molecule has 2 aliphatic rings. The predicted octanol–water partition coefficient (Wildman–Crippen LogP) is 0.0553. The number of aliphatic carboxylic acids is 1. The van der Waals surface area contributed by atoms with E-state index in [-0.39, 0.29) is 26.2 Å². The zero-order valence-corrected chi connectivity index (χ0v) is 13.4. The number of carbonyl (C=O) groups is 2. The quantitative estimate of drug-likeness (QED) is 0.713. The first kappa shape index (κ1) is 17.2. The van der Waals surface area contributed by atoms with Gasteiger partial charge in [0.1, 0.15) is 6.04 Å². The van der Waals surface area contributed by atoms with Crippen LogP contribution in [0.25, 0.3) is 0 Å². The Morgan fingerprint density at radius 1 is 1.23 bits per heavy atom. The highest BCUT2D eigenvalue weighted by Gasteiger charge is 2.44. The molecule has 0 bridgehead atoms. The van der Waals surface area contributed by atoms with Gasteiger partial charge in [0.05, 0.1) is 12.5 Å². The monoisotopic (exact) mass is 334 g/mol. The Kier molecular flexibility index (Phi) is 5.41. The van der Waals surface area contributed by atoms with Crippen LogP contribution in [0.5, 0.6) is 0 Å². The molecule has 2 atom stereocenters. The molecule has 9 heteroatoms. The van der Waals surface area contributed by atoms with Crippen molar-refractivity contribution in [2.75, 3.05) is 26.2 Å². The topological polar surface area (TPSA) is 104 Å². The third kappa shape index (κ3) is 3.41. The standard InChI is InChI=1S/C13H22N2O6S/c1-2-21-13(18)11-6-4-8-15(11)22(19,20)14-7-3-5-10(9-14)12(16)17/h10-11H,2-9H2,1H3,(H,16,17).